The number of rotatable bonds is 6. The zero-order chi connectivity index (χ0) is 10.3. The minimum atomic E-state index is 0.872. The molecule has 86 valence electrons. The second kappa shape index (κ2) is 6.32. The van der Waals surface area contributed by atoms with E-state index in [1.807, 2.05) is 0 Å². The maximum atomic E-state index is 3.54. The van der Waals surface area contributed by atoms with E-state index < -0.39 is 0 Å². The highest BCUT2D eigenvalue weighted by Crippen LogP contribution is 2.26. The summed E-state index contributed by atoms with van der Waals surface area (Å²) in [5.41, 5.74) is 0. The van der Waals surface area contributed by atoms with E-state index in [-0.39, 0.29) is 0 Å². The zero-order valence-corrected chi connectivity index (χ0v) is 9.88. The van der Waals surface area contributed by atoms with Crippen LogP contribution in [0, 0.1) is 5.92 Å². The molecule has 0 aliphatic heterocycles. The Balaban J connectivity index is 1.46. The summed E-state index contributed by atoms with van der Waals surface area (Å²) in [5.74, 6) is 1.01. The van der Waals surface area contributed by atoms with Gasteiger partial charge in [0.05, 0.1) is 0 Å². The van der Waals surface area contributed by atoms with Crippen LogP contribution in [0.25, 0.3) is 0 Å². The van der Waals surface area contributed by atoms with Gasteiger partial charge in [0.15, 0.2) is 0 Å². The molecule has 0 unspecified atom stereocenters. The van der Waals surface area contributed by atoms with Gasteiger partial charge in [-0.3, -0.25) is 0 Å². The molecule has 0 aromatic heterocycles. The summed E-state index contributed by atoms with van der Waals surface area (Å²) in [6.45, 7) is 1.19. The van der Waals surface area contributed by atoms with E-state index >= 15 is 0 Å². The average molecular weight is 207 g/mol. The van der Waals surface area contributed by atoms with Gasteiger partial charge in [-0.1, -0.05) is 44.3 Å². The van der Waals surface area contributed by atoms with Crippen molar-refractivity contribution >= 4 is 0 Å². The van der Waals surface area contributed by atoms with E-state index in [0.29, 0.717) is 0 Å². The summed E-state index contributed by atoms with van der Waals surface area (Å²) in [5, 5.41) is 3.54. The minimum absolute atomic E-state index is 0.872. The molecule has 2 aliphatic carbocycles. The zero-order valence-electron chi connectivity index (χ0n) is 9.88. The van der Waals surface area contributed by atoms with E-state index in [2.05, 4.69) is 17.5 Å². The fourth-order valence-electron chi connectivity index (χ4n) is 2.49. The van der Waals surface area contributed by atoms with Gasteiger partial charge in [-0.05, 0) is 38.1 Å². The SMILES string of the molecule is C(=CCC1CCCCC1)CCNC1CC1. The third-order valence-electron chi connectivity index (χ3n) is 3.68. The summed E-state index contributed by atoms with van der Waals surface area (Å²) in [6, 6.07) is 0.872. The van der Waals surface area contributed by atoms with Gasteiger partial charge < -0.3 is 5.32 Å². The molecule has 0 heterocycles. The predicted octanol–water partition coefficient (Wildman–Crippen LogP) is 3.66. The Labute approximate surface area is 94.3 Å². The Hall–Kier alpha value is -0.300. The molecule has 1 nitrogen and oxygen atoms in total. The molecule has 0 aromatic carbocycles. The molecule has 0 atom stereocenters. The van der Waals surface area contributed by atoms with Crippen LogP contribution >= 0.6 is 0 Å². The van der Waals surface area contributed by atoms with E-state index in [1.165, 1.54) is 64.3 Å². The van der Waals surface area contributed by atoms with Crippen LogP contribution in [0.15, 0.2) is 12.2 Å². The second-order valence-electron chi connectivity index (χ2n) is 5.23. The Kier molecular flexibility index (Phi) is 4.72. The summed E-state index contributed by atoms with van der Waals surface area (Å²) in [7, 11) is 0. The lowest BCUT2D eigenvalue weighted by Crippen LogP contribution is -2.16. The number of allylic oxidation sites excluding steroid dienone is 1. The molecule has 0 aromatic rings. The molecule has 0 bridgehead atoms. The lowest BCUT2D eigenvalue weighted by atomic mass is 9.87. The van der Waals surface area contributed by atoms with Crippen molar-refractivity contribution in [1.82, 2.24) is 5.32 Å². The molecule has 1 N–H and O–H groups in total. The first-order valence-electron chi connectivity index (χ1n) is 6.83. The molecular formula is C14H25N. The summed E-state index contributed by atoms with van der Waals surface area (Å²) < 4.78 is 0. The quantitative estimate of drug-likeness (QED) is 0.518. The fraction of sp³-hybridized carbons (Fsp3) is 0.857. The summed E-state index contributed by atoms with van der Waals surface area (Å²) in [4.78, 5) is 0. The van der Waals surface area contributed by atoms with Crippen molar-refractivity contribution in [2.24, 2.45) is 5.92 Å². The Morgan fingerprint density at radius 1 is 0.933 bits per heavy atom. The average Bonchev–Trinajstić information content (AvgIpc) is 3.09. The van der Waals surface area contributed by atoms with Crippen molar-refractivity contribution in [3.05, 3.63) is 12.2 Å². The van der Waals surface area contributed by atoms with Gasteiger partial charge in [-0.25, -0.2) is 0 Å². The highest BCUT2D eigenvalue weighted by molar-refractivity contribution is 4.87. The van der Waals surface area contributed by atoms with Crippen LogP contribution in [0.4, 0.5) is 0 Å². The first-order chi connectivity index (χ1) is 7.45. The molecule has 0 radical (unpaired) electrons. The Morgan fingerprint density at radius 3 is 2.47 bits per heavy atom. The van der Waals surface area contributed by atoms with Crippen LogP contribution in [0.2, 0.25) is 0 Å². The number of hydrogen-bond acceptors (Lipinski definition) is 1. The van der Waals surface area contributed by atoms with Gasteiger partial charge in [-0.2, -0.15) is 0 Å². The topological polar surface area (TPSA) is 12.0 Å². The van der Waals surface area contributed by atoms with Crippen molar-refractivity contribution in [2.45, 2.75) is 63.8 Å². The molecule has 0 saturated heterocycles. The van der Waals surface area contributed by atoms with E-state index in [1.54, 1.807) is 0 Å². The Bertz CT molecular complexity index is 188. The van der Waals surface area contributed by atoms with E-state index in [4.69, 9.17) is 0 Å². The molecule has 2 rings (SSSR count). The molecule has 2 fully saturated rings. The summed E-state index contributed by atoms with van der Waals surface area (Å²) in [6.07, 6.45) is 17.6. The largest absolute Gasteiger partial charge is 0.314 e. The molecule has 0 spiro atoms. The highest BCUT2D eigenvalue weighted by atomic mass is 14.9. The van der Waals surface area contributed by atoms with Crippen LogP contribution in [-0.4, -0.2) is 12.6 Å². The van der Waals surface area contributed by atoms with Crippen molar-refractivity contribution in [2.75, 3.05) is 6.54 Å². The van der Waals surface area contributed by atoms with Crippen LogP contribution in [0.1, 0.15) is 57.8 Å². The van der Waals surface area contributed by atoms with Crippen LogP contribution < -0.4 is 5.32 Å². The lowest BCUT2D eigenvalue weighted by molar-refractivity contribution is 0.361. The number of nitrogens with one attached hydrogen (secondary N) is 1. The standard InChI is InChI=1S/C14H25N/c1-3-7-13(8-4-1)9-5-2-6-12-15-14-10-11-14/h2,5,13-15H,1,3-4,6-12H2. The molecule has 15 heavy (non-hydrogen) atoms. The first kappa shape index (κ1) is 11.2. The first-order valence-corrected chi connectivity index (χ1v) is 6.83. The van der Waals surface area contributed by atoms with E-state index in [9.17, 15) is 0 Å². The van der Waals surface area contributed by atoms with Crippen LogP contribution in [-0.2, 0) is 0 Å². The van der Waals surface area contributed by atoms with Crippen molar-refractivity contribution in [1.29, 1.82) is 0 Å². The molecular weight excluding hydrogens is 182 g/mol. The normalized spacial score (nSPS) is 23.7. The monoisotopic (exact) mass is 207 g/mol. The smallest absolute Gasteiger partial charge is 0.00683 e. The maximum absolute atomic E-state index is 3.54. The fourth-order valence-corrected chi connectivity index (χ4v) is 2.49. The maximum Gasteiger partial charge on any atom is 0.00683 e. The van der Waals surface area contributed by atoms with Crippen molar-refractivity contribution < 1.29 is 0 Å². The van der Waals surface area contributed by atoms with E-state index in [0.717, 1.165) is 12.0 Å². The van der Waals surface area contributed by atoms with Crippen LogP contribution in [0.3, 0.4) is 0 Å². The third-order valence-corrected chi connectivity index (χ3v) is 3.68. The van der Waals surface area contributed by atoms with Crippen molar-refractivity contribution in [3.8, 4) is 0 Å². The molecule has 2 aliphatic rings. The minimum Gasteiger partial charge on any atom is -0.314 e. The summed E-state index contributed by atoms with van der Waals surface area (Å²) >= 11 is 0. The second-order valence-corrected chi connectivity index (χ2v) is 5.23. The van der Waals surface area contributed by atoms with Gasteiger partial charge in [0.25, 0.3) is 0 Å². The van der Waals surface area contributed by atoms with Gasteiger partial charge in [-0.15, -0.1) is 0 Å². The number of hydrogen-bond donors (Lipinski definition) is 1. The lowest BCUT2D eigenvalue weighted by Gasteiger charge is -2.19. The van der Waals surface area contributed by atoms with Gasteiger partial charge >= 0.3 is 0 Å². The van der Waals surface area contributed by atoms with Gasteiger partial charge in [0.1, 0.15) is 0 Å². The molecule has 1 heteroatoms. The highest BCUT2D eigenvalue weighted by Gasteiger charge is 2.19. The van der Waals surface area contributed by atoms with Gasteiger partial charge in [0, 0.05) is 6.04 Å². The van der Waals surface area contributed by atoms with Crippen molar-refractivity contribution in [3.63, 3.8) is 0 Å². The third kappa shape index (κ3) is 4.83. The molecule has 0 amide bonds. The Morgan fingerprint density at radius 2 is 1.73 bits per heavy atom. The van der Waals surface area contributed by atoms with Gasteiger partial charge in [0.2, 0.25) is 0 Å². The predicted molar refractivity (Wildman–Crippen MR) is 66.0 cm³/mol. The van der Waals surface area contributed by atoms with Crippen LogP contribution in [0.5, 0.6) is 0 Å². The molecule has 2 saturated carbocycles.